The normalized spacial score (nSPS) is 10.9. The fourth-order valence-electron chi connectivity index (χ4n) is 1.46. The predicted octanol–water partition coefficient (Wildman–Crippen LogP) is 2.70. The predicted molar refractivity (Wildman–Crippen MR) is 62.9 cm³/mol. The second-order valence-electron chi connectivity index (χ2n) is 4.03. The van der Waals surface area contributed by atoms with Crippen LogP contribution >= 0.6 is 0 Å². The van der Waals surface area contributed by atoms with Crippen LogP contribution in [0.3, 0.4) is 0 Å². The van der Waals surface area contributed by atoms with Crippen LogP contribution in [0.1, 0.15) is 13.8 Å². The van der Waals surface area contributed by atoms with Crippen LogP contribution in [0.4, 0.5) is 5.82 Å². The Hall–Kier alpha value is -1.64. The summed E-state index contributed by atoms with van der Waals surface area (Å²) < 4.78 is 0. The molecule has 2 aromatic rings. The smallest absolute Gasteiger partial charge is 0.133 e. The van der Waals surface area contributed by atoms with Crippen molar-refractivity contribution < 1.29 is 0 Å². The SMILES string of the molecule is CC(C)CNc1nccc2cnccc12. The molecule has 0 atom stereocenters. The summed E-state index contributed by atoms with van der Waals surface area (Å²) >= 11 is 0. The quantitative estimate of drug-likeness (QED) is 0.829. The molecule has 0 fully saturated rings. The maximum atomic E-state index is 4.34. The van der Waals surface area contributed by atoms with Crippen LogP contribution in [-0.2, 0) is 0 Å². The lowest BCUT2D eigenvalue weighted by atomic mass is 10.2. The van der Waals surface area contributed by atoms with E-state index in [-0.39, 0.29) is 0 Å². The van der Waals surface area contributed by atoms with Crippen LogP contribution in [0, 0.1) is 5.92 Å². The van der Waals surface area contributed by atoms with Gasteiger partial charge < -0.3 is 5.32 Å². The van der Waals surface area contributed by atoms with E-state index in [9.17, 15) is 0 Å². The van der Waals surface area contributed by atoms with E-state index < -0.39 is 0 Å². The lowest BCUT2D eigenvalue weighted by molar-refractivity contribution is 0.687. The van der Waals surface area contributed by atoms with Gasteiger partial charge in [0, 0.05) is 35.9 Å². The first-order valence-electron chi connectivity index (χ1n) is 5.20. The molecule has 78 valence electrons. The zero-order valence-corrected chi connectivity index (χ0v) is 9.07. The van der Waals surface area contributed by atoms with Crippen molar-refractivity contribution in [3.8, 4) is 0 Å². The molecule has 2 aromatic heterocycles. The van der Waals surface area contributed by atoms with Crippen molar-refractivity contribution in [1.82, 2.24) is 9.97 Å². The summed E-state index contributed by atoms with van der Waals surface area (Å²) in [7, 11) is 0. The second kappa shape index (κ2) is 4.26. The molecule has 0 aliphatic carbocycles. The van der Waals surface area contributed by atoms with E-state index in [1.54, 1.807) is 6.20 Å². The molecule has 3 nitrogen and oxygen atoms in total. The Morgan fingerprint density at radius 1 is 1.27 bits per heavy atom. The first kappa shape index (κ1) is 9.90. The summed E-state index contributed by atoms with van der Waals surface area (Å²) in [5.41, 5.74) is 0. The van der Waals surface area contributed by atoms with Gasteiger partial charge in [-0.3, -0.25) is 4.98 Å². The molecular formula is C12H15N3. The van der Waals surface area contributed by atoms with E-state index in [0.29, 0.717) is 5.92 Å². The van der Waals surface area contributed by atoms with Gasteiger partial charge in [0.05, 0.1) is 0 Å². The van der Waals surface area contributed by atoms with Gasteiger partial charge in [-0.05, 0) is 18.1 Å². The monoisotopic (exact) mass is 201 g/mol. The molecule has 1 N–H and O–H groups in total. The average Bonchev–Trinajstić information content (AvgIpc) is 2.26. The Balaban J connectivity index is 2.34. The molecular weight excluding hydrogens is 186 g/mol. The highest BCUT2D eigenvalue weighted by Gasteiger charge is 2.01. The number of hydrogen-bond acceptors (Lipinski definition) is 3. The lowest BCUT2D eigenvalue weighted by Gasteiger charge is -2.09. The van der Waals surface area contributed by atoms with Crippen LogP contribution in [0.2, 0.25) is 0 Å². The van der Waals surface area contributed by atoms with Gasteiger partial charge in [-0.15, -0.1) is 0 Å². The van der Waals surface area contributed by atoms with Gasteiger partial charge >= 0.3 is 0 Å². The molecule has 2 rings (SSSR count). The summed E-state index contributed by atoms with van der Waals surface area (Å²) in [6, 6.07) is 3.97. The minimum atomic E-state index is 0.615. The Kier molecular flexibility index (Phi) is 2.81. The van der Waals surface area contributed by atoms with Crippen LogP contribution in [0.15, 0.2) is 30.7 Å². The highest BCUT2D eigenvalue weighted by Crippen LogP contribution is 2.19. The van der Waals surface area contributed by atoms with Gasteiger partial charge in [0.1, 0.15) is 5.82 Å². The zero-order valence-electron chi connectivity index (χ0n) is 9.07. The number of rotatable bonds is 3. The topological polar surface area (TPSA) is 37.8 Å². The fourth-order valence-corrected chi connectivity index (χ4v) is 1.46. The van der Waals surface area contributed by atoms with E-state index >= 15 is 0 Å². The molecule has 0 aromatic carbocycles. The van der Waals surface area contributed by atoms with Gasteiger partial charge in [0.2, 0.25) is 0 Å². The number of fused-ring (bicyclic) bond motifs is 1. The Morgan fingerprint density at radius 2 is 2.13 bits per heavy atom. The number of aromatic nitrogens is 2. The van der Waals surface area contributed by atoms with Crippen molar-refractivity contribution in [3.05, 3.63) is 30.7 Å². The largest absolute Gasteiger partial charge is 0.369 e. The highest BCUT2D eigenvalue weighted by atomic mass is 15.0. The minimum absolute atomic E-state index is 0.615. The minimum Gasteiger partial charge on any atom is -0.369 e. The Morgan fingerprint density at radius 3 is 2.93 bits per heavy atom. The molecule has 0 saturated heterocycles. The fraction of sp³-hybridized carbons (Fsp3) is 0.333. The summed E-state index contributed by atoms with van der Waals surface area (Å²) in [6.45, 7) is 5.30. The van der Waals surface area contributed by atoms with Crippen molar-refractivity contribution in [1.29, 1.82) is 0 Å². The molecule has 0 bridgehead atoms. The number of nitrogens with zero attached hydrogens (tertiary/aromatic N) is 2. The number of hydrogen-bond donors (Lipinski definition) is 1. The molecule has 15 heavy (non-hydrogen) atoms. The van der Waals surface area contributed by atoms with Crippen LogP contribution in [-0.4, -0.2) is 16.5 Å². The third kappa shape index (κ3) is 2.24. The maximum Gasteiger partial charge on any atom is 0.133 e. The van der Waals surface area contributed by atoms with Gasteiger partial charge in [0.25, 0.3) is 0 Å². The Bertz CT molecular complexity index is 446. The first-order valence-corrected chi connectivity index (χ1v) is 5.20. The van der Waals surface area contributed by atoms with Gasteiger partial charge in [-0.1, -0.05) is 13.8 Å². The van der Waals surface area contributed by atoms with Crippen molar-refractivity contribution in [2.45, 2.75) is 13.8 Å². The van der Waals surface area contributed by atoms with E-state index in [2.05, 4.69) is 29.1 Å². The number of nitrogens with one attached hydrogen (secondary N) is 1. The van der Waals surface area contributed by atoms with Gasteiger partial charge in [-0.2, -0.15) is 0 Å². The molecule has 0 amide bonds. The maximum absolute atomic E-state index is 4.34. The molecule has 2 heterocycles. The van der Waals surface area contributed by atoms with Crippen LogP contribution in [0.5, 0.6) is 0 Å². The van der Waals surface area contributed by atoms with Crippen molar-refractivity contribution >= 4 is 16.6 Å². The van der Waals surface area contributed by atoms with Gasteiger partial charge in [-0.25, -0.2) is 4.98 Å². The van der Waals surface area contributed by atoms with Crippen molar-refractivity contribution in [2.24, 2.45) is 5.92 Å². The average molecular weight is 201 g/mol. The van der Waals surface area contributed by atoms with Crippen LogP contribution < -0.4 is 5.32 Å². The Labute approximate surface area is 89.6 Å². The lowest BCUT2D eigenvalue weighted by Crippen LogP contribution is -2.09. The molecule has 3 heteroatoms. The second-order valence-corrected chi connectivity index (χ2v) is 4.03. The summed E-state index contributed by atoms with van der Waals surface area (Å²) in [5, 5.41) is 5.60. The van der Waals surface area contributed by atoms with E-state index in [0.717, 1.165) is 23.1 Å². The summed E-state index contributed by atoms with van der Waals surface area (Å²) in [4.78, 5) is 8.43. The molecule has 0 aliphatic heterocycles. The molecule has 0 spiro atoms. The van der Waals surface area contributed by atoms with E-state index in [1.165, 1.54) is 0 Å². The molecule has 0 radical (unpaired) electrons. The molecule has 0 unspecified atom stereocenters. The first-order chi connectivity index (χ1) is 7.27. The molecule has 0 aliphatic rings. The summed E-state index contributed by atoms with van der Waals surface area (Å²) in [6.07, 6.45) is 5.47. The van der Waals surface area contributed by atoms with E-state index in [4.69, 9.17) is 0 Å². The van der Waals surface area contributed by atoms with Crippen molar-refractivity contribution in [2.75, 3.05) is 11.9 Å². The third-order valence-corrected chi connectivity index (χ3v) is 2.24. The third-order valence-electron chi connectivity index (χ3n) is 2.24. The number of pyridine rings is 2. The highest BCUT2D eigenvalue weighted by molar-refractivity contribution is 5.90. The molecule has 0 saturated carbocycles. The van der Waals surface area contributed by atoms with E-state index in [1.807, 2.05) is 24.5 Å². The number of anilines is 1. The van der Waals surface area contributed by atoms with Gasteiger partial charge in [0.15, 0.2) is 0 Å². The summed E-state index contributed by atoms with van der Waals surface area (Å²) in [5.74, 6) is 1.56. The standard InChI is InChI=1S/C12H15N3/c1-9(2)7-15-12-11-4-5-13-8-10(11)3-6-14-12/h3-6,8-9H,7H2,1-2H3,(H,14,15). The van der Waals surface area contributed by atoms with Crippen LogP contribution in [0.25, 0.3) is 10.8 Å². The van der Waals surface area contributed by atoms with Crippen molar-refractivity contribution in [3.63, 3.8) is 0 Å². The zero-order chi connectivity index (χ0) is 10.7.